The predicted molar refractivity (Wildman–Crippen MR) is 178 cm³/mol. The number of carbonyl (C=O) groups is 2. The van der Waals surface area contributed by atoms with Crippen molar-refractivity contribution in [1.29, 1.82) is 0 Å². The summed E-state index contributed by atoms with van der Waals surface area (Å²) in [7, 11) is 0. The first-order chi connectivity index (χ1) is 20.9. The third kappa shape index (κ3) is 7.56. The highest BCUT2D eigenvalue weighted by Gasteiger charge is 2.28. The van der Waals surface area contributed by atoms with E-state index in [1.165, 1.54) is 10.6 Å². The Morgan fingerprint density at radius 1 is 1.00 bits per heavy atom. The van der Waals surface area contributed by atoms with Gasteiger partial charge < -0.3 is 14.8 Å². The molecule has 228 valence electrons. The molecule has 1 aliphatic rings. The van der Waals surface area contributed by atoms with Gasteiger partial charge in [0, 0.05) is 60.1 Å². The summed E-state index contributed by atoms with van der Waals surface area (Å²) in [5, 5.41) is 5.41. The minimum Gasteiger partial charge on any atom is -0.371 e. The van der Waals surface area contributed by atoms with E-state index in [0.29, 0.717) is 23.9 Å². The van der Waals surface area contributed by atoms with E-state index in [0.717, 1.165) is 62.1 Å². The van der Waals surface area contributed by atoms with Crippen LogP contribution in [-0.2, 0) is 11.2 Å². The fourth-order valence-electron chi connectivity index (χ4n) is 6.51. The van der Waals surface area contributed by atoms with Crippen LogP contribution in [0.4, 0.5) is 5.69 Å². The second-order valence-corrected chi connectivity index (χ2v) is 13.4. The first-order valence-corrected chi connectivity index (χ1v) is 16.9. The Labute approximate surface area is 260 Å². The van der Waals surface area contributed by atoms with Crippen LogP contribution < -0.4 is 10.2 Å². The molecule has 2 aromatic heterocycles. The summed E-state index contributed by atoms with van der Waals surface area (Å²) in [4.78, 5) is 35.9. The van der Waals surface area contributed by atoms with Crippen LogP contribution in [0.3, 0.4) is 0 Å². The molecule has 2 aromatic carbocycles. The number of para-hydroxylation sites is 1. The Kier molecular flexibility index (Phi) is 10.3. The summed E-state index contributed by atoms with van der Waals surface area (Å²) in [5.74, 6) is 1.05. The highest BCUT2D eigenvalue weighted by atomic mass is 32.1. The Balaban J connectivity index is 1.29. The number of benzene rings is 2. The van der Waals surface area contributed by atoms with Crippen LogP contribution in [0.5, 0.6) is 0 Å². The van der Waals surface area contributed by atoms with E-state index >= 15 is 0 Å². The van der Waals surface area contributed by atoms with Gasteiger partial charge in [-0.25, -0.2) is 4.98 Å². The average molecular weight is 599 g/mol. The number of imidazole rings is 1. The van der Waals surface area contributed by atoms with E-state index in [-0.39, 0.29) is 30.1 Å². The SMILES string of the molecule is CCC(CC)n1c(Cc2cccs2)nc2cc(C(=O)C[C@@H](CC(C)C)C(=O)NC3CCN(c4ccccc4)CC3)ccc21. The van der Waals surface area contributed by atoms with Crippen LogP contribution >= 0.6 is 11.3 Å². The summed E-state index contributed by atoms with van der Waals surface area (Å²) in [6, 6.07) is 21.1. The van der Waals surface area contributed by atoms with Gasteiger partial charge in [-0.05, 0) is 79.8 Å². The maximum absolute atomic E-state index is 13.7. The molecule has 7 heteroatoms. The molecule has 5 rings (SSSR count). The van der Waals surface area contributed by atoms with Gasteiger partial charge in [-0.2, -0.15) is 0 Å². The zero-order chi connectivity index (χ0) is 30.3. The Morgan fingerprint density at radius 2 is 1.74 bits per heavy atom. The normalized spacial score (nSPS) is 15.0. The fourth-order valence-corrected chi connectivity index (χ4v) is 7.21. The molecule has 0 radical (unpaired) electrons. The molecule has 0 bridgehead atoms. The summed E-state index contributed by atoms with van der Waals surface area (Å²) in [5.41, 5.74) is 3.81. The molecular weight excluding hydrogens is 552 g/mol. The van der Waals surface area contributed by atoms with Crippen LogP contribution in [0.2, 0.25) is 0 Å². The molecule has 0 aliphatic carbocycles. The van der Waals surface area contributed by atoms with E-state index in [4.69, 9.17) is 4.98 Å². The number of thiophene rings is 1. The molecule has 1 amide bonds. The van der Waals surface area contributed by atoms with Gasteiger partial charge in [-0.1, -0.05) is 52.0 Å². The van der Waals surface area contributed by atoms with Gasteiger partial charge in [0.15, 0.2) is 5.78 Å². The lowest BCUT2D eigenvalue weighted by Crippen LogP contribution is -2.46. The zero-order valence-electron chi connectivity index (χ0n) is 26.1. The maximum atomic E-state index is 13.7. The lowest BCUT2D eigenvalue weighted by atomic mass is 9.89. The van der Waals surface area contributed by atoms with Crippen molar-refractivity contribution >= 4 is 39.7 Å². The lowest BCUT2D eigenvalue weighted by molar-refractivity contribution is -0.126. The average Bonchev–Trinajstić information content (AvgIpc) is 3.66. The number of rotatable bonds is 13. The Hall–Kier alpha value is -3.45. The largest absolute Gasteiger partial charge is 0.371 e. The zero-order valence-corrected chi connectivity index (χ0v) is 26.9. The van der Waals surface area contributed by atoms with Crippen molar-refractivity contribution in [2.45, 2.75) is 84.7 Å². The molecule has 1 atom stereocenters. The highest BCUT2D eigenvalue weighted by Crippen LogP contribution is 2.29. The number of carbonyl (C=O) groups excluding carboxylic acids is 2. The van der Waals surface area contributed by atoms with Crippen molar-refractivity contribution in [3.05, 3.63) is 82.3 Å². The second-order valence-electron chi connectivity index (χ2n) is 12.4. The van der Waals surface area contributed by atoms with Crippen molar-refractivity contribution in [2.24, 2.45) is 11.8 Å². The van der Waals surface area contributed by atoms with Crippen LogP contribution in [0, 0.1) is 11.8 Å². The molecule has 0 unspecified atom stereocenters. The lowest BCUT2D eigenvalue weighted by Gasteiger charge is -2.34. The molecule has 43 heavy (non-hydrogen) atoms. The number of ketones is 1. The molecule has 0 saturated carbocycles. The van der Waals surface area contributed by atoms with Crippen LogP contribution in [0.25, 0.3) is 11.0 Å². The van der Waals surface area contributed by atoms with E-state index < -0.39 is 0 Å². The van der Waals surface area contributed by atoms with Gasteiger partial charge in [-0.15, -0.1) is 11.3 Å². The molecule has 6 nitrogen and oxygen atoms in total. The standard InChI is InChI=1S/C36H46N4O2S/c1-5-29(6-2)40-33-15-14-26(22-32(33)38-35(40)24-31-13-10-20-43-31)34(41)23-27(21-25(3)4)36(42)37-28-16-18-39(19-17-28)30-11-8-7-9-12-30/h7-15,20,22,25,27-29H,5-6,16-19,21,23-24H2,1-4H3,(H,37,42)/t27-/m1/s1. The number of hydrogen-bond donors (Lipinski definition) is 1. The van der Waals surface area contributed by atoms with Gasteiger partial charge >= 0.3 is 0 Å². The van der Waals surface area contributed by atoms with Crippen molar-refractivity contribution < 1.29 is 9.59 Å². The summed E-state index contributed by atoms with van der Waals surface area (Å²) >= 11 is 1.75. The van der Waals surface area contributed by atoms with E-state index in [9.17, 15) is 9.59 Å². The number of amides is 1. The van der Waals surface area contributed by atoms with Crippen molar-refractivity contribution in [3.8, 4) is 0 Å². The van der Waals surface area contributed by atoms with Crippen LogP contribution in [-0.4, -0.2) is 40.4 Å². The number of hydrogen-bond acceptors (Lipinski definition) is 5. The number of nitrogens with one attached hydrogen (secondary N) is 1. The summed E-state index contributed by atoms with van der Waals surface area (Å²) in [6.07, 6.45) is 5.56. The number of Topliss-reactive ketones (excluding diaryl/α,β-unsaturated/α-hetero) is 1. The molecule has 4 aromatic rings. The topological polar surface area (TPSA) is 67.2 Å². The minimum absolute atomic E-state index is 0.0116. The number of aromatic nitrogens is 2. The van der Waals surface area contributed by atoms with Gasteiger partial charge in [0.1, 0.15) is 5.82 Å². The van der Waals surface area contributed by atoms with Gasteiger partial charge in [0.2, 0.25) is 5.91 Å². The smallest absolute Gasteiger partial charge is 0.223 e. The first kappa shape index (κ1) is 31.0. The third-order valence-corrected chi connectivity index (χ3v) is 9.70. The fraction of sp³-hybridized carbons (Fsp3) is 0.472. The molecule has 1 saturated heterocycles. The second kappa shape index (κ2) is 14.3. The van der Waals surface area contributed by atoms with Crippen LogP contribution in [0.15, 0.2) is 66.0 Å². The van der Waals surface area contributed by atoms with E-state index in [1.54, 1.807) is 11.3 Å². The Bertz CT molecular complexity index is 1480. The van der Waals surface area contributed by atoms with E-state index in [1.807, 2.05) is 18.2 Å². The number of nitrogens with zero attached hydrogens (tertiary/aromatic N) is 3. The van der Waals surface area contributed by atoms with Gasteiger partial charge in [0.05, 0.1) is 11.0 Å². The molecule has 1 aliphatic heterocycles. The van der Waals surface area contributed by atoms with Crippen LogP contribution in [0.1, 0.15) is 93.3 Å². The monoisotopic (exact) mass is 598 g/mol. The maximum Gasteiger partial charge on any atom is 0.223 e. The molecule has 0 spiro atoms. The van der Waals surface area contributed by atoms with E-state index in [2.05, 4.69) is 90.3 Å². The number of piperidine rings is 1. The van der Waals surface area contributed by atoms with Gasteiger partial charge in [0.25, 0.3) is 0 Å². The van der Waals surface area contributed by atoms with Crippen molar-refractivity contribution in [2.75, 3.05) is 18.0 Å². The molecule has 3 heterocycles. The quantitative estimate of drug-likeness (QED) is 0.158. The summed E-state index contributed by atoms with van der Waals surface area (Å²) in [6.45, 7) is 10.5. The number of anilines is 1. The molecule has 1 fully saturated rings. The first-order valence-electron chi connectivity index (χ1n) is 16.0. The van der Waals surface area contributed by atoms with Crippen molar-refractivity contribution in [3.63, 3.8) is 0 Å². The predicted octanol–water partition coefficient (Wildman–Crippen LogP) is 8.07. The number of fused-ring (bicyclic) bond motifs is 1. The van der Waals surface area contributed by atoms with Crippen molar-refractivity contribution in [1.82, 2.24) is 14.9 Å². The van der Waals surface area contributed by atoms with Gasteiger partial charge in [-0.3, -0.25) is 9.59 Å². The highest BCUT2D eigenvalue weighted by molar-refractivity contribution is 7.09. The Morgan fingerprint density at radius 3 is 2.40 bits per heavy atom. The third-order valence-electron chi connectivity index (χ3n) is 8.83. The molecular formula is C36H46N4O2S. The molecule has 1 N–H and O–H groups in total. The summed E-state index contributed by atoms with van der Waals surface area (Å²) < 4.78 is 2.38. The minimum atomic E-state index is -0.341.